The van der Waals surface area contributed by atoms with E-state index in [-0.39, 0.29) is 11.8 Å². The number of carbonyl (C=O) groups is 1. The van der Waals surface area contributed by atoms with Crippen LogP contribution < -0.4 is 4.80 Å². The van der Waals surface area contributed by atoms with Crippen LogP contribution in [0.4, 0.5) is 0 Å². The second kappa shape index (κ2) is 5.65. The third kappa shape index (κ3) is 2.86. The van der Waals surface area contributed by atoms with Crippen LogP contribution in [-0.4, -0.2) is 10.5 Å². The summed E-state index contributed by atoms with van der Waals surface area (Å²) in [4.78, 5) is 16.6. The highest BCUT2D eigenvalue weighted by molar-refractivity contribution is 7.16. The molecular formula is C13H14Cl2N2OS. The Morgan fingerprint density at radius 1 is 1.42 bits per heavy atom. The first-order valence-corrected chi connectivity index (χ1v) is 7.58. The van der Waals surface area contributed by atoms with Gasteiger partial charge in [0.25, 0.3) is 5.91 Å². The molecule has 0 aliphatic carbocycles. The fourth-order valence-corrected chi connectivity index (χ4v) is 3.61. The smallest absolute Gasteiger partial charge is 0.250 e. The molecule has 1 amide bonds. The van der Waals surface area contributed by atoms with Crippen LogP contribution in [0, 0.1) is 5.92 Å². The fourth-order valence-electron chi connectivity index (χ4n) is 1.73. The van der Waals surface area contributed by atoms with Gasteiger partial charge in [0.2, 0.25) is 0 Å². The third-order valence-corrected chi connectivity index (χ3v) is 4.24. The second-order valence-electron chi connectivity index (χ2n) is 4.47. The predicted molar refractivity (Wildman–Crippen MR) is 80.9 cm³/mol. The van der Waals surface area contributed by atoms with Crippen molar-refractivity contribution in [1.29, 1.82) is 0 Å². The Bertz CT molecular complexity index is 700. The molecule has 0 spiro atoms. The van der Waals surface area contributed by atoms with E-state index in [0.717, 1.165) is 10.2 Å². The topological polar surface area (TPSA) is 34.4 Å². The minimum Gasteiger partial charge on any atom is -0.315 e. The lowest BCUT2D eigenvalue weighted by Gasteiger charge is -2.03. The van der Waals surface area contributed by atoms with Crippen molar-refractivity contribution in [2.24, 2.45) is 10.9 Å². The number of rotatable bonds is 2. The minimum atomic E-state index is -0.129. The maximum atomic E-state index is 11.8. The van der Waals surface area contributed by atoms with Crippen molar-refractivity contribution < 1.29 is 4.79 Å². The summed E-state index contributed by atoms with van der Waals surface area (Å²) < 4.78 is 2.88. The maximum absolute atomic E-state index is 11.8. The van der Waals surface area contributed by atoms with Gasteiger partial charge in [-0.25, -0.2) is 0 Å². The molecule has 1 heterocycles. The summed E-state index contributed by atoms with van der Waals surface area (Å²) in [5.74, 6) is -0.245. The van der Waals surface area contributed by atoms with E-state index in [9.17, 15) is 4.79 Å². The van der Waals surface area contributed by atoms with Gasteiger partial charge in [0, 0.05) is 17.5 Å². The molecule has 0 saturated carbocycles. The summed E-state index contributed by atoms with van der Waals surface area (Å²) in [5.41, 5.74) is 0.883. The van der Waals surface area contributed by atoms with E-state index in [1.165, 1.54) is 11.3 Å². The zero-order valence-electron chi connectivity index (χ0n) is 10.9. The summed E-state index contributed by atoms with van der Waals surface area (Å²) in [6.07, 6.45) is 0. The van der Waals surface area contributed by atoms with Gasteiger partial charge in [0.1, 0.15) is 0 Å². The first-order valence-electron chi connectivity index (χ1n) is 6.01. The lowest BCUT2D eigenvalue weighted by Crippen LogP contribution is -2.17. The van der Waals surface area contributed by atoms with Crippen LogP contribution in [0.1, 0.15) is 20.8 Å². The first-order chi connectivity index (χ1) is 8.93. The van der Waals surface area contributed by atoms with Crippen molar-refractivity contribution in [3.63, 3.8) is 0 Å². The average Bonchev–Trinajstić information content (AvgIpc) is 2.66. The van der Waals surface area contributed by atoms with Crippen molar-refractivity contribution in [3.8, 4) is 0 Å². The Balaban J connectivity index is 2.76. The Morgan fingerprint density at radius 2 is 2.11 bits per heavy atom. The monoisotopic (exact) mass is 316 g/mol. The van der Waals surface area contributed by atoms with E-state index in [2.05, 4.69) is 4.99 Å². The summed E-state index contributed by atoms with van der Waals surface area (Å²) in [7, 11) is 0. The Kier molecular flexibility index (Phi) is 4.33. The standard InChI is InChI=1S/C13H14Cl2N2OS/c1-4-17-11-9(15)5-8(14)6-10(11)19-13(17)16-12(18)7(2)3/h5-7H,4H2,1-3H3. The van der Waals surface area contributed by atoms with Crippen LogP contribution in [0.25, 0.3) is 10.2 Å². The molecule has 6 heteroatoms. The van der Waals surface area contributed by atoms with Crippen molar-refractivity contribution in [3.05, 3.63) is 27.0 Å². The second-order valence-corrected chi connectivity index (χ2v) is 6.32. The highest BCUT2D eigenvalue weighted by atomic mass is 35.5. The first kappa shape index (κ1) is 14.6. The predicted octanol–water partition coefficient (Wildman–Crippen LogP) is 4.11. The number of thiazole rings is 1. The maximum Gasteiger partial charge on any atom is 0.250 e. The summed E-state index contributed by atoms with van der Waals surface area (Å²) >= 11 is 13.7. The number of amides is 1. The molecule has 0 fully saturated rings. The van der Waals surface area contributed by atoms with Crippen LogP contribution in [0.15, 0.2) is 17.1 Å². The summed E-state index contributed by atoms with van der Waals surface area (Å²) in [6, 6.07) is 3.55. The van der Waals surface area contributed by atoms with Crippen molar-refractivity contribution in [2.75, 3.05) is 0 Å². The van der Waals surface area contributed by atoms with Gasteiger partial charge >= 0.3 is 0 Å². The number of aromatic nitrogens is 1. The van der Waals surface area contributed by atoms with Gasteiger partial charge in [-0.3, -0.25) is 4.79 Å². The van der Waals surface area contributed by atoms with Gasteiger partial charge in [0.15, 0.2) is 4.80 Å². The van der Waals surface area contributed by atoms with Crippen molar-refractivity contribution in [2.45, 2.75) is 27.3 Å². The van der Waals surface area contributed by atoms with E-state index in [1.807, 2.05) is 31.4 Å². The zero-order valence-corrected chi connectivity index (χ0v) is 13.2. The number of benzene rings is 1. The van der Waals surface area contributed by atoms with Crippen LogP contribution in [0.5, 0.6) is 0 Å². The molecule has 0 radical (unpaired) electrons. The van der Waals surface area contributed by atoms with Gasteiger partial charge in [-0.05, 0) is 19.1 Å². The van der Waals surface area contributed by atoms with Crippen molar-refractivity contribution in [1.82, 2.24) is 4.57 Å². The SMILES string of the molecule is CCn1c(=NC(=O)C(C)C)sc2cc(Cl)cc(Cl)c21. The van der Waals surface area contributed by atoms with Gasteiger partial charge in [0.05, 0.1) is 15.2 Å². The van der Waals surface area contributed by atoms with E-state index >= 15 is 0 Å². The third-order valence-electron chi connectivity index (χ3n) is 2.71. The van der Waals surface area contributed by atoms with Crippen molar-refractivity contribution >= 4 is 50.7 Å². The number of aryl methyl sites for hydroxylation is 1. The van der Waals surface area contributed by atoms with E-state index in [1.54, 1.807) is 6.07 Å². The molecule has 0 bridgehead atoms. The summed E-state index contributed by atoms with van der Waals surface area (Å²) in [5, 5.41) is 1.17. The number of nitrogens with zero attached hydrogens (tertiary/aromatic N) is 2. The normalized spacial score (nSPS) is 12.6. The van der Waals surface area contributed by atoms with Crippen LogP contribution in [0.3, 0.4) is 0 Å². The number of halogens is 2. The molecule has 19 heavy (non-hydrogen) atoms. The molecule has 0 aliphatic rings. The zero-order chi connectivity index (χ0) is 14.2. The van der Waals surface area contributed by atoms with Gasteiger partial charge in [-0.15, -0.1) is 0 Å². The molecule has 0 unspecified atom stereocenters. The number of hydrogen-bond donors (Lipinski definition) is 0. The molecule has 1 aromatic heterocycles. The molecule has 0 atom stereocenters. The number of fused-ring (bicyclic) bond motifs is 1. The summed E-state index contributed by atoms with van der Waals surface area (Å²) in [6.45, 7) is 6.36. The minimum absolute atomic E-state index is 0.116. The Hall–Kier alpha value is -0.840. The molecule has 2 aromatic rings. The molecule has 0 N–H and O–H groups in total. The lowest BCUT2D eigenvalue weighted by molar-refractivity contribution is -0.120. The van der Waals surface area contributed by atoms with Gasteiger partial charge < -0.3 is 4.57 Å². The molecular weight excluding hydrogens is 303 g/mol. The quantitative estimate of drug-likeness (QED) is 0.820. The molecule has 3 nitrogen and oxygen atoms in total. The molecule has 1 aromatic carbocycles. The average molecular weight is 317 g/mol. The highest BCUT2D eigenvalue weighted by Crippen LogP contribution is 2.29. The van der Waals surface area contributed by atoms with E-state index < -0.39 is 0 Å². The van der Waals surface area contributed by atoms with Crippen LogP contribution >= 0.6 is 34.5 Å². The van der Waals surface area contributed by atoms with Gasteiger partial charge in [-0.2, -0.15) is 4.99 Å². The van der Waals surface area contributed by atoms with Crippen LogP contribution in [-0.2, 0) is 11.3 Å². The fraction of sp³-hybridized carbons (Fsp3) is 0.385. The highest BCUT2D eigenvalue weighted by Gasteiger charge is 2.12. The van der Waals surface area contributed by atoms with E-state index in [0.29, 0.717) is 21.4 Å². The molecule has 0 saturated heterocycles. The Labute approximate surface area is 125 Å². The molecule has 102 valence electrons. The largest absolute Gasteiger partial charge is 0.315 e. The Morgan fingerprint density at radius 3 is 2.68 bits per heavy atom. The number of carbonyl (C=O) groups excluding carboxylic acids is 1. The van der Waals surface area contributed by atoms with Gasteiger partial charge in [-0.1, -0.05) is 48.4 Å². The lowest BCUT2D eigenvalue weighted by atomic mass is 10.2. The van der Waals surface area contributed by atoms with E-state index in [4.69, 9.17) is 23.2 Å². The molecule has 2 rings (SSSR count). The van der Waals surface area contributed by atoms with Crippen LogP contribution in [0.2, 0.25) is 10.0 Å². The number of hydrogen-bond acceptors (Lipinski definition) is 2. The molecule has 0 aliphatic heterocycles.